The number of benzene rings is 2. The van der Waals surface area contributed by atoms with Crippen molar-refractivity contribution in [2.75, 3.05) is 19.5 Å². The number of hydrogen-bond acceptors (Lipinski definition) is 8. The SMILES string of the molecule is COC1=C(OC)C(=O)C(Cc2ccc(OC(C)=O)c(C(=O)Nc3ccc(-c4cc[nH]n4)cc3)c2)=C(C)C1=O. The molecule has 1 aromatic heterocycles. The van der Waals surface area contributed by atoms with Crippen LogP contribution in [0.1, 0.15) is 29.8 Å². The number of allylic oxidation sites excluding steroid dienone is 2. The van der Waals surface area contributed by atoms with Crippen LogP contribution >= 0.6 is 0 Å². The fourth-order valence-corrected chi connectivity index (χ4v) is 4.06. The van der Waals surface area contributed by atoms with Crippen molar-refractivity contribution in [3.8, 4) is 17.0 Å². The minimum Gasteiger partial charge on any atom is -0.489 e. The number of ether oxygens (including phenoxy) is 3. The number of methoxy groups -OCH3 is 2. The predicted octanol–water partition coefficient (Wildman–Crippen LogP) is 3.77. The molecule has 1 amide bonds. The Morgan fingerprint density at radius 2 is 1.63 bits per heavy atom. The zero-order valence-electron chi connectivity index (χ0n) is 21.2. The van der Waals surface area contributed by atoms with E-state index in [4.69, 9.17) is 14.2 Å². The molecular weight excluding hydrogens is 490 g/mol. The molecule has 0 aliphatic heterocycles. The third-order valence-corrected chi connectivity index (χ3v) is 5.96. The molecule has 0 bridgehead atoms. The average molecular weight is 516 g/mol. The van der Waals surface area contributed by atoms with Gasteiger partial charge in [0.15, 0.2) is 0 Å². The Hall–Kier alpha value is -4.99. The highest BCUT2D eigenvalue weighted by Crippen LogP contribution is 2.30. The molecule has 4 rings (SSSR count). The third kappa shape index (κ3) is 5.24. The second-order valence-electron chi connectivity index (χ2n) is 8.42. The van der Waals surface area contributed by atoms with Crippen molar-refractivity contribution < 1.29 is 33.4 Å². The maximum absolute atomic E-state index is 13.2. The maximum atomic E-state index is 13.2. The lowest BCUT2D eigenvalue weighted by molar-refractivity contribution is -0.131. The van der Waals surface area contributed by atoms with Gasteiger partial charge in [-0.05, 0) is 42.8 Å². The minimum absolute atomic E-state index is 0.0409. The van der Waals surface area contributed by atoms with Crippen LogP contribution in [0.5, 0.6) is 5.75 Å². The molecule has 0 unspecified atom stereocenters. The first-order valence-electron chi connectivity index (χ1n) is 11.6. The van der Waals surface area contributed by atoms with Gasteiger partial charge in [0.25, 0.3) is 5.91 Å². The van der Waals surface area contributed by atoms with E-state index >= 15 is 0 Å². The molecule has 1 aliphatic carbocycles. The molecule has 0 saturated carbocycles. The Morgan fingerprint density at radius 1 is 0.947 bits per heavy atom. The van der Waals surface area contributed by atoms with Crippen LogP contribution in [0.3, 0.4) is 0 Å². The highest BCUT2D eigenvalue weighted by Gasteiger charge is 2.34. The van der Waals surface area contributed by atoms with E-state index in [1.54, 1.807) is 24.4 Å². The number of rotatable bonds is 8. The molecule has 2 aromatic carbocycles. The fourth-order valence-electron chi connectivity index (χ4n) is 4.06. The summed E-state index contributed by atoms with van der Waals surface area (Å²) in [5.41, 5.74) is 3.21. The molecule has 194 valence electrons. The van der Waals surface area contributed by atoms with Gasteiger partial charge < -0.3 is 19.5 Å². The molecule has 3 aromatic rings. The van der Waals surface area contributed by atoms with Crippen LogP contribution in [0.15, 0.2) is 77.4 Å². The smallest absolute Gasteiger partial charge is 0.308 e. The number of aromatic nitrogens is 2. The number of nitrogens with zero attached hydrogens (tertiary/aromatic N) is 1. The van der Waals surface area contributed by atoms with E-state index in [1.807, 2.05) is 18.2 Å². The van der Waals surface area contributed by atoms with E-state index in [2.05, 4.69) is 15.5 Å². The lowest BCUT2D eigenvalue weighted by atomic mass is 9.88. The summed E-state index contributed by atoms with van der Waals surface area (Å²) in [6.45, 7) is 2.77. The Kier molecular flexibility index (Phi) is 7.52. The van der Waals surface area contributed by atoms with Crippen molar-refractivity contribution in [2.45, 2.75) is 20.3 Å². The topological polar surface area (TPSA) is 137 Å². The fraction of sp³-hybridized carbons (Fsp3) is 0.179. The van der Waals surface area contributed by atoms with Crippen LogP contribution in [0.4, 0.5) is 5.69 Å². The number of carbonyl (C=O) groups is 4. The first-order valence-corrected chi connectivity index (χ1v) is 11.6. The number of Topliss-reactive ketones (excluding diaryl/α,β-unsaturated/α-hetero) is 2. The Morgan fingerprint density at radius 3 is 2.24 bits per heavy atom. The third-order valence-electron chi connectivity index (χ3n) is 5.96. The van der Waals surface area contributed by atoms with Crippen molar-refractivity contribution in [2.24, 2.45) is 0 Å². The van der Waals surface area contributed by atoms with Crippen LogP contribution < -0.4 is 10.1 Å². The van der Waals surface area contributed by atoms with E-state index < -0.39 is 23.4 Å². The number of ketones is 2. The second-order valence-corrected chi connectivity index (χ2v) is 8.42. The molecule has 1 aliphatic rings. The molecule has 0 fully saturated rings. The van der Waals surface area contributed by atoms with Gasteiger partial charge in [0.05, 0.1) is 25.5 Å². The Labute approximate surface area is 218 Å². The van der Waals surface area contributed by atoms with E-state index in [0.29, 0.717) is 11.3 Å². The standard InChI is InChI=1S/C28H25N3O7/c1-15-20(25(34)27(37-4)26(36-3)24(15)33)13-17-5-10-23(38-16(2)32)21(14-17)28(35)30-19-8-6-18(7-9-19)22-11-12-29-31-22/h5-12,14H,13H2,1-4H3,(H,29,31)(H,30,35). The second kappa shape index (κ2) is 11.0. The first kappa shape index (κ1) is 26.1. The zero-order chi connectivity index (χ0) is 27.4. The number of nitrogens with one attached hydrogen (secondary N) is 2. The van der Waals surface area contributed by atoms with Crippen molar-refractivity contribution in [3.05, 3.63) is 88.5 Å². The van der Waals surface area contributed by atoms with Gasteiger partial charge in [-0.15, -0.1) is 0 Å². The summed E-state index contributed by atoms with van der Waals surface area (Å²) in [5.74, 6) is -2.31. The quantitative estimate of drug-likeness (QED) is 0.263. The molecule has 10 nitrogen and oxygen atoms in total. The van der Waals surface area contributed by atoms with Gasteiger partial charge in [0.1, 0.15) is 5.75 Å². The van der Waals surface area contributed by atoms with Gasteiger partial charge >= 0.3 is 5.97 Å². The molecule has 0 radical (unpaired) electrons. The van der Waals surface area contributed by atoms with Gasteiger partial charge in [-0.2, -0.15) is 5.10 Å². The lowest BCUT2D eigenvalue weighted by Gasteiger charge is -2.20. The predicted molar refractivity (Wildman–Crippen MR) is 137 cm³/mol. The summed E-state index contributed by atoms with van der Waals surface area (Å²) in [6, 6.07) is 13.5. The Bertz CT molecular complexity index is 1480. The van der Waals surface area contributed by atoms with Crippen LogP contribution in [0.2, 0.25) is 0 Å². The summed E-state index contributed by atoms with van der Waals surface area (Å²) in [5, 5.41) is 9.67. The maximum Gasteiger partial charge on any atom is 0.308 e. The highest BCUT2D eigenvalue weighted by molar-refractivity contribution is 6.23. The van der Waals surface area contributed by atoms with Gasteiger partial charge in [-0.25, -0.2) is 0 Å². The molecule has 0 atom stereocenters. The van der Waals surface area contributed by atoms with Gasteiger partial charge in [0.2, 0.25) is 23.1 Å². The number of amides is 1. The summed E-state index contributed by atoms with van der Waals surface area (Å²) in [7, 11) is 2.58. The van der Waals surface area contributed by atoms with Crippen molar-refractivity contribution >= 4 is 29.1 Å². The molecule has 38 heavy (non-hydrogen) atoms. The van der Waals surface area contributed by atoms with Crippen LogP contribution in [-0.2, 0) is 30.3 Å². The lowest BCUT2D eigenvalue weighted by Crippen LogP contribution is -2.26. The normalized spacial score (nSPS) is 13.5. The average Bonchev–Trinajstić information content (AvgIpc) is 3.44. The molecule has 10 heteroatoms. The largest absolute Gasteiger partial charge is 0.489 e. The highest BCUT2D eigenvalue weighted by atomic mass is 16.5. The van der Waals surface area contributed by atoms with Crippen LogP contribution in [0.25, 0.3) is 11.3 Å². The van der Waals surface area contributed by atoms with Crippen molar-refractivity contribution in [1.29, 1.82) is 0 Å². The summed E-state index contributed by atoms with van der Waals surface area (Å²) >= 11 is 0. The first-order chi connectivity index (χ1) is 18.2. The van der Waals surface area contributed by atoms with E-state index in [1.165, 1.54) is 40.2 Å². The number of esters is 1. The van der Waals surface area contributed by atoms with Gasteiger partial charge in [-0.1, -0.05) is 18.2 Å². The molecule has 0 saturated heterocycles. The summed E-state index contributed by atoms with van der Waals surface area (Å²) in [4.78, 5) is 50.7. The number of H-pyrrole nitrogens is 1. The van der Waals surface area contributed by atoms with Gasteiger partial charge in [-0.3, -0.25) is 24.3 Å². The van der Waals surface area contributed by atoms with E-state index in [9.17, 15) is 19.2 Å². The van der Waals surface area contributed by atoms with Crippen molar-refractivity contribution in [3.63, 3.8) is 0 Å². The van der Waals surface area contributed by atoms with E-state index in [0.717, 1.165) is 11.3 Å². The number of anilines is 1. The number of aromatic amines is 1. The molecule has 2 N–H and O–H groups in total. The molecule has 1 heterocycles. The zero-order valence-corrected chi connectivity index (χ0v) is 21.2. The summed E-state index contributed by atoms with van der Waals surface area (Å²) in [6.07, 6.45) is 1.75. The van der Waals surface area contributed by atoms with Crippen LogP contribution in [-0.4, -0.2) is 47.9 Å². The Balaban J connectivity index is 1.62. The molecule has 0 spiro atoms. The molecular formula is C28H25N3O7. The number of carbonyl (C=O) groups excluding carboxylic acids is 4. The summed E-state index contributed by atoms with van der Waals surface area (Å²) < 4.78 is 15.5. The van der Waals surface area contributed by atoms with Crippen LogP contribution in [0, 0.1) is 0 Å². The van der Waals surface area contributed by atoms with Gasteiger partial charge in [0, 0.05) is 41.9 Å². The number of hydrogen-bond donors (Lipinski definition) is 2. The monoisotopic (exact) mass is 515 g/mol. The van der Waals surface area contributed by atoms with Crippen molar-refractivity contribution in [1.82, 2.24) is 10.2 Å². The minimum atomic E-state index is -0.594. The van der Waals surface area contributed by atoms with E-state index in [-0.39, 0.29) is 40.4 Å².